The van der Waals surface area contributed by atoms with E-state index in [1.165, 1.54) is 12.4 Å². The van der Waals surface area contributed by atoms with Crippen molar-refractivity contribution in [3.63, 3.8) is 0 Å². The number of nitrogens with one attached hydrogen (secondary N) is 3. The molecule has 4 aromatic rings. The molecule has 4 rings (SSSR count). The average molecular weight is 582 g/mol. The lowest BCUT2D eigenvalue weighted by atomic mass is 9.85. The maximum absolute atomic E-state index is 10.8. The van der Waals surface area contributed by atoms with Gasteiger partial charge in [0.2, 0.25) is 5.95 Å². The van der Waals surface area contributed by atoms with Crippen LogP contribution in [-0.4, -0.2) is 39.7 Å². The lowest BCUT2D eigenvalue weighted by molar-refractivity contribution is 0.417. The number of benzene rings is 3. The van der Waals surface area contributed by atoms with E-state index in [9.17, 15) is 10.2 Å². The number of phenolic OH excluding ortho intramolecular Hbond substituents is 2. The van der Waals surface area contributed by atoms with Crippen LogP contribution < -0.4 is 20.9 Å². The van der Waals surface area contributed by atoms with Gasteiger partial charge in [0.15, 0.2) is 5.82 Å². The SMILES string of the molecule is COc1ccccc1Nc1cc(NN=Cc2cccc(C(C)(C)C)c2O)nc(NN=Cc2cccc(C(C)(C)C)c2O)n1. The molecule has 0 saturated heterocycles. The smallest absolute Gasteiger partial charge is 0.247 e. The molecule has 0 aliphatic rings. The molecular formula is C33H39N7O3. The molecule has 1 heterocycles. The van der Waals surface area contributed by atoms with Crippen molar-refractivity contribution < 1.29 is 14.9 Å². The number of hydrazone groups is 2. The van der Waals surface area contributed by atoms with Crippen molar-refractivity contribution in [2.24, 2.45) is 10.2 Å². The molecule has 224 valence electrons. The second-order valence-electron chi connectivity index (χ2n) is 12.0. The monoisotopic (exact) mass is 581 g/mol. The van der Waals surface area contributed by atoms with Crippen LogP contribution >= 0.6 is 0 Å². The Balaban J connectivity index is 1.62. The Morgan fingerprint density at radius 3 is 1.79 bits per heavy atom. The Bertz CT molecular complexity index is 1540. The van der Waals surface area contributed by atoms with Crippen molar-refractivity contribution in [2.75, 3.05) is 23.3 Å². The maximum Gasteiger partial charge on any atom is 0.247 e. The van der Waals surface area contributed by atoms with E-state index in [4.69, 9.17) is 4.74 Å². The third-order valence-corrected chi connectivity index (χ3v) is 6.60. The van der Waals surface area contributed by atoms with E-state index in [-0.39, 0.29) is 28.3 Å². The molecule has 0 fully saturated rings. The topological polar surface area (TPSA) is 136 Å². The zero-order valence-corrected chi connectivity index (χ0v) is 25.6. The summed E-state index contributed by atoms with van der Waals surface area (Å²) in [5, 5.41) is 33.4. The number of nitrogens with zero attached hydrogens (tertiary/aromatic N) is 4. The van der Waals surface area contributed by atoms with Crippen molar-refractivity contribution in [3.05, 3.63) is 89.0 Å². The van der Waals surface area contributed by atoms with Crippen LogP contribution in [0.25, 0.3) is 0 Å². The lowest BCUT2D eigenvalue weighted by Gasteiger charge is -2.21. The van der Waals surface area contributed by atoms with Gasteiger partial charge in [0.25, 0.3) is 0 Å². The third-order valence-electron chi connectivity index (χ3n) is 6.60. The van der Waals surface area contributed by atoms with Crippen LogP contribution in [0.2, 0.25) is 0 Å². The van der Waals surface area contributed by atoms with Crippen molar-refractivity contribution in [2.45, 2.75) is 52.4 Å². The second kappa shape index (κ2) is 12.8. The number of ether oxygens (including phenoxy) is 1. The van der Waals surface area contributed by atoms with E-state index in [2.05, 4.69) is 36.3 Å². The van der Waals surface area contributed by atoms with Crippen LogP contribution in [0.5, 0.6) is 17.2 Å². The van der Waals surface area contributed by atoms with Crippen LogP contribution in [0.1, 0.15) is 63.8 Å². The lowest BCUT2D eigenvalue weighted by Crippen LogP contribution is -2.12. The Hall–Kier alpha value is -5.12. The van der Waals surface area contributed by atoms with E-state index >= 15 is 0 Å². The Labute approximate surface area is 252 Å². The Morgan fingerprint density at radius 1 is 0.698 bits per heavy atom. The molecule has 0 unspecified atom stereocenters. The average Bonchev–Trinajstić information content (AvgIpc) is 2.94. The fraction of sp³-hybridized carbons (Fsp3) is 0.273. The summed E-state index contributed by atoms with van der Waals surface area (Å²) in [5.74, 6) is 1.98. The van der Waals surface area contributed by atoms with Crippen molar-refractivity contribution in [3.8, 4) is 17.2 Å². The summed E-state index contributed by atoms with van der Waals surface area (Å²) in [6.07, 6.45) is 3.06. The zero-order chi connectivity index (χ0) is 31.2. The number of hydrogen-bond donors (Lipinski definition) is 5. The fourth-order valence-electron chi connectivity index (χ4n) is 4.37. The van der Waals surface area contributed by atoms with E-state index in [0.29, 0.717) is 34.2 Å². The van der Waals surface area contributed by atoms with Crippen molar-refractivity contribution >= 4 is 35.7 Å². The van der Waals surface area contributed by atoms with Gasteiger partial charge in [-0.25, -0.2) is 5.43 Å². The first-order valence-electron chi connectivity index (χ1n) is 13.9. The largest absolute Gasteiger partial charge is 0.507 e. The van der Waals surface area contributed by atoms with Crippen LogP contribution in [0.3, 0.4) is 0 Å². The number of methoxy groups -OCH3 is 1. The van der Waals surface area contributed by atoms with Gasteiger partial charge in [-0.1, -0.05) is 77.9 Å². The van der Waals surface area contributed by atoms with Crippen LogP contribution in [0, 0.1) is 0 Å². The van der Waals surface area contributed by atoms with Crippen LogP contribution in [0.4, 0.5) is 23.3 Å². The van der Waals surface area contributed by atoms with E-state index in [0.717, 1.165) is 11.1 Å². The number of hydrogen-bond acceptors (Lipinski definition) is 10. The number of phenols is 2. The molecule has 0 saturated carbocycles. The normalized spacial score (nSPS) is 12.1. The summed E-state index contributed by atoms with van der Waals surface area (Å²) in [6.45, 7) is 12.2. The minimum Gasteiger partial charge on any atom is -0.507 e. The highest BCUT2D eigenvalue weighted by atomic mass is 16.5. The first kappa shape index (κ1) is 30.8. The minimum atomic E-state index is -0.227. The van der Waals surface area contributed by atoms with Gasteiger partial charge >= 0.3 is 0 Å². The molecule has 0 spiro atoms. The van der Waals surface area contributed by atoms with E-state index < -0.39 is 0 Å². The van der Waals surface area contributed by atoms with Crippen LogP contribution in [-0.2, 0) is 10.8 Å². The van der Waals surface area contributed by atoms with Gasteiger partial charge in [0, 0.05) is 17.2 Å². The molecule has 10 heteroatoms. The summed E-state index contributed by atoms with van der Waals surface area (Å²) < 4.78 is 5.46. The number of rotatable bonds is 9. The molecule has 0 bridgehead atoms. The first-order valence-corrected chi connectivity index (χ1v) is 13.9. The third kappa shape index (κ3) is 7.79. The maximum atomic E-state index is 10.8. The quantitative estimate of drug-likeness (QED) is 0.104. The molecule has 43 heavy (non-hydrogen) atoms. The first-order chi connectivity index (χ1) is 20.4. The van der Waals surface area contributed by atoms with Gasteiger partial charge in [0.05, 0.1) is 25.2 Å². The molecule has 0 aliphatic carbocycles. The highest BCUT2D eigenvalue weighted by molar-refractivity contribution is 5.85. The molecule has 0 amide bonds. The highest BCUT2D eigenvalue weighted by Gasteiger charge is 2.20. The van der Waals surface area contributed by atoms with Gasteiger partial charge in [0.1, 0.15) is 23.1 Å². The molecule has 3 aromatic carbocycles. The number of aromatic hydroxyl groups is 2. The molecule has 10 nitrogen and oxygen atoms in total. The van der Waals surface area contributed by atoms with Crippen molar-refractivity contribution in [1.82, 2.24) is 9.97 Å². The predicted octanol–water partition coefficient (Wildman–Crippen LogP) is 7.13. The summed E-state index contributed by atoms with van der Waals surface area (Å²) in [4.78, 5) is 9.02. The van der Waals surface area contributed by atoms with Gasteiger partial charge < -0.3 is 20.3 Å². The highest BCUT2D eigenvalue weighted by Crippen LogP contribution is 2.33. The van der Waals surface area contributed by atoms with Gasteiger partial charge in [-0.2, -0.15) is 20.2 Å². The van der Waals surface area contributed by atoms with Crippen molar-refractivity contribution in [1.29, 1.82) is 0 Å². The summed E-state index contributed by atoms with van der Waals surface area (Å²) >= 11 is 0. The zero-order valence-electron chi connectivity index (χ0n) is 25.6. The molecular weight excluding hydrogens is 542 g/mol. The summed E-state index contributed by atoms with van der Waals surface area (Å²) in [6, 6.07) is 20.3. The minimum absolute atomic E-state index is 0.170. The van der Waals surface area contributed by atoms with Gasteiger partial charge in [-0.15, -0.1) is 0 Å². The summed E-state index contributed by atoms with van der Waals surface area (Å²) in [5.41, 5.74) is 8.80. The molecule has 0 aliphatic heterocycles. The predicted molar refractivity (Wildman–Crippen MR) is 174 cm³/mol. The van der Waals surface area contributed by atoms with Gasteiger partial charge in [-0.05, 0) is 46.2 Å². The molecule has 0 atom stereocenters. The van der Waals surface area contributed by atoms with E-state index in [1.807, 2.05) is 90.1 Å². The summed E-state index contributed by atoms with van der Waals surface area (Å²) in [7, 11) is 1.60. The second-order valence-corrected chi connectivity index (χ2v) is 12.0. The van der Waals surface area contributed by atoms with Gasteiger partial charge in [-0.3, -0.25) is 5.43 Å². The fourth-order valence-corrected chi connectivity index (χ4v) is 4.37. The molecule has 1 aromatic heterocycles. The molecule has 0 radical (unpaired) electrons. The number of aromatic nitrogens is 2. The van der Waals surface area contributed by atoms with Crippen LogP contribution in [0.15, 0.2) is 76.9 Å². The Kier molecular flexibility index (Phi) is 9.18. The molecule has 5 N–H and O–H groups in total. The standard InChI is InChI=1S/C33H39N7O3/c1-32(2,3)23-14-10-12-21(29(23)41)19-34-39-28-18-27(36-25-16-8-9-17-26(25)43-7)37-31(38-28)40-35-20-22-13-11-15-24(30(22)42)33(4,5)6/h8-20,41-42H,1-7H3,(H3,36,37,38,39,40). The number of anilines is 4. The van der Waals surface area contributed by atoms with E-state index in [1.54, 1.807) is 25.3 Å². The Morgan fingerprint density at radius 2 is 1.23 bits per heavy atom. The number of para-hydroxylation sites is 4.